The van der Waals surface area contributed by atoms with Crippen LogP contribution in [0.3, 0.4) is 0 Å². The number of carbonyl (C=O) groups excluding carboxylic acids is 3. The molecule has 0 aliphatic carbocycles. The van der Waals surface area contributed by atoms with E-state index in [1.807, 2.05) is 28.8 Å². The number of morpholine rings is 1. The van der Waals surface area contributed by atoms with Crippen LogP contribution in [0.15, 0.2) is 42.5 Å². The number of thioether (sulfide) groups is 1. The lowest BCUT2D eigenvalue weighted by Gasteiger charge is -2.30. The molecule has 0 spiro atoms. The molecule has 0 aromatic heterocycles. The van der Waals surface area contributed by atoms with E-state index in [1.165, 1.54) is 11.3 Å². The minimum absolute atomic E-state index is 0.0336. The summed E-state index contributed by atoms with van der Waals surface area (Å²) in [6.07, 6.45) is 0.500. The van der Waals surface area contributed by atoms with E-state index in [2.05, 4.69) is 53.6 Å². The van der Waals surface area contributed by atoms with Gasteiger partial charge in [-0.25, -0.2) is 0 Å². The second kappa shape index (κ2) is 12.9. The van der Waals surface area contributed by atoms with Crippen LogP contribution in [0.1, 0.15) is 17.2 Å². The van der Waals surface area contributed by atoms with Gasteiger partial charge in [0.2, 0.25) is 12.8 Å². The van der Waals surface area contributed by atoms with Gasteiger partial charge in [0.25, 0.3) is 5.91 Å². The van der Waals surface area contributed by atoms with Crippen molar-refractivity contribution in [3.63, 3.8) is 0 Å². The molecule has 4 N–H and O–H groups in total. The van der Waals surface area contributed by atoms with E-state index >= 15 is 0 Å². The van der Waals surface area contributed by atoms with Crippen molar-refractivity contribution < 1.29 is 19.1 Å². The molecule has 2 aliphatic heterocycles. The van der Waals surface area contributed by atoms with Crippen LogP contribution in [0.2, 0.25) is 5.02 Å². The van der Waals surface area contributed by atoms with E-state index in [9.17, 15) is 4.79 Å². The molecule has 2 heterocycles. The fourth-order valence-electron chi connectivity index (χ4n) is 3.57. The first kappa shape index (κ1) is 25.5. The minimum atomic E-state index is 0.0336. The summed E-state index contributed by atoms with van der Waals surface area (Å²) in [7, 11) is 0. The molecular weight excluding hydrogens is 452 g/mol. The van der Waals surface area contributed by atoms with Crippen LogP contribution >= 0.6 is 23.4 Å². The third-order valence-corrected chi connectivity index (χ3v) is 6.19. The van der Waals surface area contributed by atoms with Crippen molar-refractivity contribution in [1.29, 1.82) is 0 Å². The van der Waals surface area contributed by atoms with Crippen LogP contribution in [-0.2, 0) is 19.1 Å². The molecule has 0 radical (unpaired) electrons. The van der Waals surface area contributed by atoms with Gasteiger partial charge in [-0.15, -0.1) is 11.8 Å². The van der Waals surface area contributed by atoms with Gasteiger partial charge in [-0.05, 0) is 48.4 Å². The third kappa shape index (κ3) is 6.62. The van der Waals surface area contributed by atoms with Crippen LogP contribution in [0.25, 0.3) is 0 Å². The van der Waals surface area contributed by atoms with Crippen LogP contribution < -0.4 is 21.3 Å². The number of hydrogen-bond donors (Lipinski definition) is 2. The van der Waals surface area contributed by atoms with Crippen molar-refractivity contribution in [2.45, 2.75) is 13.0 Å². The van der Waals surface area contributed by atoms with E-state index in [0.29, 0.717) is 19.2 Å². The van der Waals surface area contributed by atoms with Crippen LogP contribution in [-0.4, -0.2) is 50.1 Å². The zero-order chi connectivity index (χ0) is 23.5. The monoisotopic (exact) mass is 478 g/mol. The normalized spacial score (nSPS) is 17.6. The van der Waals surface area contributed by atoms with Crippen molar-refractivity contribution in [3.8, 4) is 0 Å². The first-order valence-corrected chi connectivity index (χ1v) is 11.4. The Morgan fingerprint density at radius 3 is 2.38 bits per heavy atom. The Kier molecular flexibility index (Phi) is 10.3. The molecule has 2 aromatic carbocycles. The van der Waals surface area contributed by atoms with Crippen molar-refractivity contribution in [2.75, 3.05) is 41.2 Å². The molecule has 0 bridgehead atoms. The maximum absolute atomic E-state index is 12.1. The van der Waals surface area contributed by atoms with Gasteiger partial charge in [-0.1, -0.05) is 23.7 Å². The lowest BCUT2D eigenvalue weighted by atomic mass is 10.0. The number of halogens is 1. The number of nitrogens with zero attached hydrogens (tertiary/aromatic N) is 2. The summed E-state index contributed by atoms with van der Waals surface area (Å²) in [6, 6.07) is 14.8. The third-order valence-electron chi connectivity index (χ3n) is 4.92. The van der Waals surface area contributed by atoms with Gasteiger partial charge in [0, 0.05) is 28.7 Å². The average Bonchev–Trinajstić information content (AvgIpc) is 3.26. The molecule has 2 aliphatic rings. The highest BCUT2D eigenvalue weighted by atomic mass is 35.5. The maximum atomic E-state index is 12.1. The van der Waals surface area contributed by atoms with E-state index in [0.717, 1.165) is 27.9 Å². The summed E-state index contributed by atoms with van der Waals surface area (Å²) in [5, 5.41) is 0.757. The number of hydrogen-bond acceptors (Lipinski definition) is 6. The SMILES string of the molecule is Cc1cc(C2CSCN2c2ccc(Cl)cc2)ccc1N1CCOCC1=O.NC=O.NC=O. The van der Waals surface area contributed by atoms with Crippen molar-refractivity contribution >= 4 is 53.5 Å². The highest BCUT2D eigenvalue weighted by Crippen LogP contribution is 2.38. The quantitative estimate of drug-likeness (QED) is 0.654. The number of anilines is 2. The van der Waals surface area contributed by atoms with E-state index in [1.54, 1.807) is 0 Å². The zero-order valence-electron chi connectivity index (χ0n) is 17.8. The predicted molar refractivity (Wildman–Crippen MR) is 129 cm³/mol. The Labute approximate surface area is 196 Å². The fraction of sp³-hybridized carbons (Fsp3) is 0.318. The predicted octanol–water partition coefficient (Wildman–Crippen LogP) is 2.47. The molecule has 2 saturated heterocycles. The maximum Gasteiger partial charge on any atom is 0.253 e. The lowest BCUT2D eigenvalue weighted by molar-refractivity contribution is -0.125. The molecule has 4 rings (SSSR count). The van der Waals surface area contributed by atoms with Gasteiger partial charge in [-0.3, -0.25) is 14.4 Å². The van der Waals surface area contributed by atoms with Crippen LogP contribution in [0, 0.1) is 6.92 Å². The molecule has 1 atom stereocenters. The summed E-state index contributed by atoms with van der Waals surface area (Å²) < 4.78 is 5.24. The Bertz CT molecular complexity index is 907. The van der Waals surface area contributed by atoms with Crippen LogP contribution in [0.5, 0.6) is 0 Å². The molecule has 32 heavy (non-hydrogen) atoms. The molecule has 8 nitrogen and oxygen atoms in total. The highest BCUT2D eigenvalue weighted by Gasteiger charge is 2.28. The van der Waals surface area contributed by atoms with E-state index in [4.69, 9.17) is 25.9 Å². The molecule has 1 unspecified atom stereocenters. The smallest absolute Gasteiger partial charge is 0.253 e. The Hall–Kier alpha value is -2.75. The number of carbonyl (C=O) groups is 3. The summed E-state index contributed by atoms with van der Waals surface area (Å²) in [5.41, 5.74) is 12.9. The summed E-state index contributed by atoms with van der Waals surface area (Å²) in [5.74, 6) is 2.05. The van der Waals surface area contributed by atoms with Crippen LogP contribution in [0.4, 0.5) is 11.4 Å². The largest absolute Gasteiger partial charge is 0.372 e. The first-order valence-electron chi connectivity index (χ1n) is 9.86. The molecule has 3 amide bonds. The number of aryl methyl sites for hydroxylation is 1. The number of primary amides is 2. The standard InChI is InChI=1S/C20H21ClN2O2S.2CH3NO/c1-14-10-15(2-7-18(14)22-8-9-25-11-20(22)24)19-12-26-13-23(19)17-5-3-16(21)4-6-17;2*2-1-3/h2-7,10,19H,8-9,11-13H2,1H3;2*1H,(H2,2,3). The zero-order valence-corrected chi connectivity index (χ0v) is 19.3. The van der Waals surface area contributed by atoms with E-state index < -0.39 is 0 Å². The average molecular weight is 479 g/mol. The number of nitrogens with two attached hydrogens (primary N) is 2. The second-order valence-corrected chi connectivity index (χ2v) is 8.31. The fourth-order valence-corrected chi connectivity index (χ4v) is 4.92. The van der Waals surface area contributed by atoms with Gasteiger partial charge >= 0.3 is 0 Å². The number of amides is 3. The summed E-state index contributed by atoms with van der Waals surface area (Å²) in [4.78, 5) is 33.5. The number of rotatable bonds is 3. The minimum Gasteiger partial charge on any atom is -0.372 e. The van der Waals surface area contributed by atoms with Gasteiger partial charge in [0.1, 0.15) is 6.61 Å². The second-order valence-electron chi connectivity index (χ2n) is 6.88. The topological polar surface area (TPSA) is 119 Å². The molecule has 172 valence electrons. The summed E-state index contributed by atoms with van der Waals surface area (Å²) in [6.45, 7) is 3.47. The van der Waals surface area contributed by atoms with Gasteiger partial charge in [0.15, 0.2) is 0 Å². The van der Waals surface area contributed by atoms with E-state index in [-0.39, 0.29) is 25.3 Å². The molecule has 2 fully saturated rings. The Morgan fingerprint density at radius 1 is 1.12 bits per heavy atom. The molecular formula is C22H27ClN4O4S. The molecule has 2 aromatic rings. The Morgan fingerprint density at radius 2 is 1.78 bits per heavy atom. The van der Waals surface area contributed by atoms with Gasteiger partial charge < -0.3 is 26.0 Å². The molecule has 10 heteroatoms. The Balaban J connectivity index is 0.000000547. The van der Waals surface area contributed by atoms with Crippen molar-refractivity contribution in [1.82, 2.24) is 0 Å². The highest BCUT2D eigenvalue weighted by molar-refractivity contribution is 7.99. The van der Waals surface area contributed by atoms with Crippen molar-refractivity contribution in [2.24, 2.45) is 11.5 Å². The number of ether oxygens (including phenoxy) is 1. The van der Waals surface area contributed by atoms with Crippen molar-refractivity contribution in [3.05, 3.63) is 58.6 Å². The first-order chi connectivity index (χ1) is 15.5. The molecule has 0 saturated carbocycles. The lowest BCUT2D eigenvalue weighted by Crippen LogP contribution is -2.42. The summed E-state index contributed by atoms with van der Waals surface area (Å²) >= 11 is 7.97. The van der Waals surface area contributed by atoms with Gasteiger partial charge in [-0.2, -0.15) is 0 Å². The number of benzene rings is 2. The van der Waals surface area contributed by atoms with Gasteiger partial charge in [0.05, 0.1) is 18.5 Å².